The van der Waals surface area contributed by atoms with Crippen molar-refractivity contribution in [3.05, 3.63) is 54.1 Å². The van der Waals surface area contributed by atoms with Gasteiger partial charge >= 0.3 is 0 Å². The highest BCUT2D eigenvalue weighted by Crippen LogP contribution is 2.26. The van der Waals surface area contributed by atoms with Crippen LogP contribution in [0, 0.1) is 0 Å². The molecule has 0 aliphatic heterocycles. The van der Waals surface area contributed by atoms with Gasteiger partial charge in [-0.2, -0.15) is 0 Å². The molecule has 0 saturated heterocycles. The summed E-state index contributed by atoms with van der Waals surface area (Å²) in [6, 6.07) is 14.3. The molecule has 1 amide bonds. The Kier molecular flexibility index (Phi) is 5.49. The molecule has 0 aliphatic rings. The SMILES string of the molecule is C[C@@](CCc1ccc(-c2ccc(O)cc2)cc1)(C(=O)NO)S(C)(=O)=O. The zero-order valence-corrected chi connectivity index (χ0v) is 14.9. The topological polar surface area (TPSA) is 104 Å². The summed E-state index contributed by atoms with van der Waals surface area (Å²) in [4.78, 5) is 11.8. The number of rotatable bonds is 6. The summed E-state index contributed by atoms with van der Waals surface area (Å²) in [6.45, 7) is 1.30. The summed E-state index contributed by atoms with van der Waals surface area (Å²) in [6.07, 6.45) is 1.40. The van der Waals surface area contributed by atoms with Gasteiger partial charge in [-0.25, -0.2) is 13.9 Å². The Labute approximate surface area is 147 Å². The first-order chi connectivity index (χ1) is 11.7. The summed E-state index contributed by atoms with van der Waals surface area (Å²) in [5.74, 6) is -0.738. The average molecular weight is 363 g/mol. The molecule has 0 aliphatic carbocycles. The van der Waals surface area contributed by atoms with E-state index in [1.54, 1.807) is 24.3 Å². The van der Waals surface area contributed by atoms with Crippen LogP contribution in [0.15, 0.2) is 48.5 Å². The van der Waals surface area contributed by atoms with Gasteiger partial charge in [-0.3, -0.25) is 10.0 Å². The van der Waals surface area contributed by atoms with E-state index in [9.17, 15) is 18.3 Å². The van der Waals surface area contributed by atoms with Crippen molar-refractivity contribution in [3.8, 4) is 16.9 Å². The van der Waals surface area contributed by atoms with Gasteiger partial charge < -0.3 is 5.11 Å². The Hall–Kier alpha value is -2.38. The highest BCUT2D eigenvalue weighted by atomic mass is 32.2. The zero-order chi connectivity index (χ0) is 18.7. The molecule has 0 fully saturated rings. The number of phenolic OH excluding ortho intramolecular Hbond substituents is 1. The number of benzene rings is 2. The van der Waals surface area contributed by atoms with Crippen LogP contribution < -0.4 is 5.48 Å². The smallest absolute Gasteiger partial charge is 0.264 e. The number of carbonyl (C=O) groups is 1. The van der Waals surface area contributed by atoms with Crippen molar-refractivity contribution in [2.24, 2.45) is 0 Å². The minimum absolute atomic E-state index is 0.0524. The summed E-state index contributed by atoms with van der Waals surface area (Å²) in [5, 5.41) is 18.2. The lowest BCUT2D eigenvalue weighted by Gasteiger charge is -2.25. The average Bonchev–Trinajstić information content (AvgIpc) is 2.59. The quantitative estimate of drug-likeness (QED) is 0.540. The number of hydrogen-bond acceptors (Lipinski definition) is 5. The second-order valence-corrected chi connectivity index (χ2v) is 8.63. The third-order valence-electron chi connectivity index (χ3n) is 4.45. The Morgan fingerprint density at radius 2 is 1.52 bits per heavy atom. The van der Waals surface area contributed by atoms with E-state index in [0.29, 0.717) is 6.42 Å². The lowest BCUT2D eigenvalue weighted by molar-refractivity contribution is -0.131. The molecule has 0 saturated carbocycles. The molecule has 25 heavy (non-hydrogen) atoms. The van der Waals surface area contributed by atoms with E-state index in [0.717, 1.165) is 22.9 Å². The predicted molar refractivity (Wildman–Crippen MR) is 95.0 cm³/mol. The van der Waals surface area contributed by atoms with Gasteiger partial charge in [0, 0.05) is 6.26 Å². The van der Waals surface area contributed by atoms with Crippen molar-refractivity contribution in [1.82, 2.24) is 5.48 Å². The molecule has 0 heterocycles. The van der Waals surface area contributed by atoms with Gasteiger partial charge in [-0.15, -0.1) is 0 Å². The molecule has 0 bridgehead atoms. The van der Waals surface area contributed by atoms with E-state index >= 15 is 0 Å². The fourth-order valence-corrected chi connectivity index (χ4v) is 3.34. The molecule has 2 rings (SSSR count). The molecule has 134 valence electrons. The summed E-state index contributed by atoms with van der Waals surface area (Å²) in [5.41, 5.74) is 4.23. The molecule has 0 radical (unpaired) electrons. The molecule has 3 N–H and O–H groups in total. The number of nitrogens with one attached hydrogen (secondary N) is 1. The van der Waals surface area contributed by atoms with E-state index < -0.39 is 20.5 Å². The number of hydrogen-bond donors (Lipinski definition) is 3. The fraction of sp³-hybridized carbons (Fsp3) is 0.278. The molecule has 6 nitrogen and oxygen atoms in total. The summed E-state index contributed by atoms with van der Waals surface area (Å²) in [7, 11) is -3.70. The Balaban J connectivity index is 2.15. The Bertz CT molecular complexity index is 844. The van der Waals surface area contributed by atoms with Crippen LogP contribution in [-0.2, 0) is 21.1 Å². The number of aromatic hydroxyl groups is 1. The number of carbonyl (C=O) groups excluding carboxylic acids is 1. The van der Waals surface area contributed by atoms with Gasteiger partial charge in [0.1, 0.15) is 10.5 Å². The monoisotopic (exact) mass is 363 g/mol. The normalized spacial score (nSPS) is 13.9. The molecule has 0 aromatic heterocycles. The van der Waals surface area contributed by atoms with Gasteiger partial charge in [0.25, 0.3) is 5.91 Å². The maximum absolute atomic E-state index is 11.9. The minimum atomic E-state index is -3.70. The maximum atomic E-state index is 11.9. The van der Waals surface area contributed by atoms with E-state index in [2.05, 4.69) is 0 Å². The predicted octanol–water partition coefficient (Wildman–Crippen LogP) is 2.30. The first-order valence-electron chi connectivity index (χ1n) is 7.70. The molecule has 2 aromatic carbocycles. The standard InChI is InChI=1S/C18H21NO5S/c1-18(17(21)19-22,25(2,23)24)12-11-13-3-5-14(6-4-13)15-7-9-16(20)10-8-15/h3-10,20,22H,11-12H2,1-2H3,(H,19,21)/t18-/m1/s1. The van der Waals surface area contributed by atoms with Gasteiger partial charge in [0.2, 0.25) is 0 Å². The number of sulfone groups is 1. The zero-order valence-electron chi connectivity index (χ0n) is 14.1. The van der Waals surface area contributed by atoms with Crippen LogP contribution in [0.5, 0.6) is 5.75 Å². The van der Waals surface area contributed by atoms with Crippen LogP contribution in [0.2, 0.25) is 0 Å². The molecular weight excluding hydrogens is 342 g/mol. The van der Waals surface area contributed by atoms with Gasteiger partial charge in [0.05, 0.1) is 0 Å². The molecule has 0 unspecified atom stereocenters. The molecule has 0 spiro atoms. The van der Waals surface area contributed by atoms with Crippen molar-refractivity contribution in [1.29, 1.82) is 0 Å². The van der Waals surface area contributed by atoms with E-state index in [-0.39, 0.29) is 12.2 Å². The van der Waals surface area contributed by atoms with Crippen molar-refractivity contribution in [3.63, 3.8) is 0 Å². The first-order valence-corrected chi connectivity index (χ1v) is 9.59. The molecule has 2 aromatic rings. The van der Waals surface area contributed by atoms with Crippen molar-refractivity contribution in [2.75, 3.05) is 6.26 Å². The van der Waals surface area contributed by atoms with Crippen molar-refractivity contribution >= 4 is 15.7 Å². The first kappa shape index (κ1) is 19.0. The molecular formula is C18H21NO5S. The highest BCUT2D eigenvalue weighted by Gasteiger charge is 2.43. The largest absolute Gasteiger partial charge is 0.508 e. The van der Waals surface area contributed by atoms with Gasteiger partial charge in [0.15, 0.2) is 9.84 Å². The molecule has 1 atom stereocenters. The lowest BCUT2D eigenvalue weighted by atomic mass is 9.97. The Morgan fingerprint density at radius 3 is 1.96 bits per heavy atom. The van der Waals surface area contributed by atoms with Crippen LogP contribution in [0.4, 0.5) is 0 Å². The van der Waals surface area contributed by atoms with E-state index in [4.69, 9.17) is 5.21 Å². The van der Waals surface area contributed by atoms with Crippen LogP contribution in [0.25, 0.3) is 11.1 Å². The van der Waals surface area contributed by atoms with Crippen LogP contribution in [0.3, 0.4) is 0 Å². The van der Waals surface area contributed by atoms with Crippen LogP contribution in [-0.4, -0.2) is 35.6 Å². The van der Waals surface area contributed by atoms with E-state index in [1.165, 1.54) is 12.4 Å². The highest BCUT2D eigenvalue weighted by molar-refractivity contribution is 7.92. The molecule has 7 heteroatoms. The number of amides is 1. The van der Waals surface area contributed by atoms with Gasteiger partial charge in [-0.1, -0.05) is 36.4 Å². The minimum Gasteiger partial charge on any atom is -0.508 e. The second kappa shape index (κ2) is 7.25. The third kappa shape index (κ3) is 4.18. The number of aryl methyl sites for hydroxylation is 1. The number of phenols is 1. The third-order valence-corrected chi connectivity index (χ3v) is 6.47. The van der Waals surface area contributed by atoms with E-state index in [1.807, 2.05) is 24.3 Å². The summed E-state index contributed by atoms with van der Waals surface area (Å²) >= 11 is 0. The lowest BCUT2D eigenvalue weighted by Crippen LogP contribution is -2.49. The van der Waals surface area contributed by atoms with Crippen LogP contribution >= 0.6 is 0 Å². The van der Waals surface area contributed by atoms with Crippen LogP contribution in [0.1, 0.15) is 18.9 Å². The Morgan fingerprint density at radius 1 is 1.04 bits per heavy atom. The van der Waals surface area contributed by atoms with Crippen molar-refractivity contribution in [2.45, 2.75) is 24.5 Å². The number of hydroxylamine groups is 1. The maximum Gasteiger partial charge on any atom is 0.264 e. The second-order valence-electron chi connectivity index (χ2n) is 6.19. The van der Waals surface area contributed by atoms with Crippen molar-refractivity contribution < 1.29 is 23.5 Å². The fourth-order valence-electron chi connectivity index (χ4n) is 2.49. The van der Waals surface area contributed by atoms with Gasteiger partial charge in [-0.05, 0) is 48.6 Å². The summed E-state index contributed by atoms with van der Waals surface area (Å²) < 4.78 is 22.2.